The molecular formula is C15H15NO2. The molecule has 0 fully saturated rings. The Morgan fingerprint density at radius 2 is 1.89 bits per heavy atom. The Hall–Kier alpha value is -1.87. The van der Waals surface area contributed by atoms with Crippen LogP contribution in [0.15, 0.2) is 42.6 Å². The molecule has 0 bridgehead atoms. The van der Waals surface area contributed by atoms with E-state index in [1.54, 1.807) is 12.3 Å². The number of hydrogen-bond donors (Lipinski definition) is 1. The zero-order valence-corrected chi connectivity index (χ0v) is 10.0. The molecule has 1 aromatic heterocycles. The molecule has 3 nitrogen and oxygen atoms in total. The van der Waals surface area contributed by atoms with Crippen LogP contribution in [0, 0.1) is 0 Å². The van der Waals surface area contributed by atoms with E-state index in [0.717, 1.165) is 18.6 Å². The fourth-order valence-electron chi connectivity index (χ4n) is 2.41. The predicted octanol–water partition coefficient (Wildman–Crippen LogP) is 2.12. The molecule has 1 aromatic carbocycles. The SMILES string of the molecule is OCc1cc(OC2Cc3ccccc3C2)ccn1. The summed E-state index contributed by atoms with van der Waals surface area (Å²) in [6, 6.07) is 12.1. The van der Waals surface area contributed by atoms with Crippen LogP contribution in [0.2, 0.25) is 0 Å². The van der Waals surface area contributed by atoms with Gasteiger partial charge in [0.1, 0.15) is 11.9 Å². The van der Waals surface area contributed by atoms with Gasteiger partial charge >= 0.3 is 0 Å². The number of benzene rings is 1. The van der Waals surface area contributed by atoms with Gasteiger partial charge in [-0.1, -0.05) is 24.3 Å². The number of hydrogen-bond acceptors (Lipinski definition) is 3. The number of aliphatic hydroxyl groups excluding tert-OH is 1. The van der Waals surface area contributed by atoms with Crippen molar-refractivity contribution in [3.63, 3.8) is 0 Å². The van der Waals surface area contributed by atoms with E-state index >= 15 is 0 Å². The Morgan fingerprint density at radius 3 is 2.56 bits per heavy atom. The van der Waals surface area contributed by atoms with Gasteiger partial charge in [-0.05, 0) is 17.2 Å². The molecule has 1 aliphatic rings. The Bertz CT molecular complexity index is 529. The van der Waals surface area contributed by atoms with E-state index in [4.69, 9.17) is 9.84 Å². The summed E-state index contributed by atoms with van der Waals surface area (Å²) < 4.78 is 5.95. The van der Waals surface area contributed by atoms with Crippen LogP contribution >= 0.6 is 0 Å². The monoisotopic (exact) mass is 241 g/mol. The molecular weight excluding hydrogens is 226 g/mol. The van der Waals surface area contributed by atoms with Gasteiger partial charge < -0.3 is 9.84 Å². The van der Waals surface area contributed by atoms with Crippen molar-refractivity contribution in [2.45, 2.75) is 25.6 Å². The minimum atomic E-state index is -0.0535. The van der Waals surface area contributed by atoms with E-state index in [-0.39, 0.29) is 12.7 Å². The minimum absolute atomic E-state index is 0.0535. The predicted molar refractivity (Wildman–Crippen MR) is 68.4 cm³/mol. The van der Waals surface area contributed by atoms with Crippen molar-refractivity contribution < 1.29 is 9.84 Å². The normalized spacial score (nSPS) is 14.5. The summed E-state index contributed by atoms with van der Waals surface area (Å²) in [5.41, 5.74) is 3.39. The van der Waals surface area contributed by atoms with Crippen LogP contribution < -0.4 is 4.74 Å². The Labute approximate surface area is 106 Å². The standard InChI is InChI=1S/C15H15NO2/c17-10-13-9-14(5-6-16-13)18-15-7-11-3-1-2-4-12(11)8-15/h1-6,9,15,17H,7-8,10H2. The average Bonchev–Trinajstić information content (AvgIpc) is 2.81. The van der Waals surface area contributed by atoms with Gasteiger partial charge in [0.25, 0.3) is 0 Å². The molecule has 3 rings (SSSR count). The second kappa shape index (κ2) is 4.78. The second-order valence-corrected chi connectivity index (χ2v) is 4.56. The van der Waals surface area contributed by atoms with Gasteiger partial charge in [-0.25, -0.2) is 0 Å². The second-order valence-electron chi connectivity index (χ2n) is 4.56. The molecule has 0 amide bonds. The van der Waals surface area contributed by atoms with E-state index in [2.05, 4.69) is 29.2 Å². The lowest BCUT2D eigenvalue weighted by Gasteiger charge is -2.13. The fourth-order valence-corrected chi connectivity index (χ4v) is 2.41. The van der Waals surface area contributed by atoms with Crippen molar-refractivity contribution in [1.82, 2.24) is 4.98 Å². The first-order chi connectivity index (χ1) is 8.85. The van der Waals surface area contributed by atoms with E-state index < -0.39 is 0 Å². The third-order valence-corrected chi connectivity index (χ3v) is 3.27. The van der Waals surface area contributed by atoms with Gasteiger partial charge in [-0.2, -0.15) is 0 Å². The van der Waals surface area contributed by atoms with Gasteiger partial charge in [0, 0.05) is 25.1 Å². The Balaban J connectivity index is 1.72. The molecule has 2 aromatic rings. The molecule has 0 atom stereocenters. The summed E-state index contributed by atoms with van der Waals surface area (Å²) in [6.07, 6.45) is 3.76. The topological polar surface area (TPSA) is 42.4 Å². The molecule has 3 heteroatoms. The molecule has 1 N–H and O–H groups in total. The molecule has 0 radical (unpaired) electrons. The molecule has 0 saturated heterocycles. The van der Waals surface area contributed by atoms with Crippen molar-refractivity contribution in [3.05, 3.63) is 59.4 Å². The summed E-state index contributed by atoms with van der Waals surface area (Å²) in [5, 5.41) is 9.05. The highest BCUT2D eigenvalue weighted by Crippen LogP contribution is 2.25. The van der Waals surface area contributed by atoms with Crippen molar-refractivity contribution in [2.75, 3.05) is 0 Å². The highest BCUT2D eigenvalue weighted by molar-refractivity contribution is 5.33. The number of aromatic nitrogens is 1. The average molecular weight is 241 g/mol. The first-order valence-electron chi connectivity index (χ1n) is 6.14. The maximum Gasteiger partial charge on any atom is 0.123 e. The third-order valence-electron chi connectivity index (χ3n) is 3.27. The van der Waals surface area contributed by atoms with Gasteiger partial charge in [0.15, 0.2) is 0 Å². The van der Waals surface area contributed by atoms with Gasteiger partial charge in [0.2, 0.25) is 0 Å². The van der Waals surface area contributed by atoms with Crippen LogP contribution in [0.1, 0.15) is 16.8 Å². The van der Waals surface area contributed by atoms with Crippen LogP contribution in [0.25, 0.3) is 0 Å². The minimum Gasteiger partial charge on any atom is -0.490 e. The van der Waals surface area contributed by atoms with E-state index in [1.807, 2.05) is 6.07 Å². The summed E-state index contributed by atoms with van der Waals surface area (Å²) in [5.74, 6) is 0.784. The van der Waals surface area contributed by atoms with E-state index in [1.165, 1.54) is 11.1 Å². The number of nitrogens with zero attached hydrogens (tertiary/aromatic N) is 1. The molecule has 1 heterocycles. The van der Waals surface area contributed by atoms with Crippen LogP contribution in [0.4, 0.5) is 0 Å². The van der Waals surface area contributed by atoms with Gasteiger partial charge in [0.05, 0.1) is 12.3 Å². The summed E-state index contributed by atoms with van der Waals surface area (Å²) in [4.78, 5) is 4.04. The molecule has 0 saturated carbocycles. The van der Waals surface area contributed by atoms with E-state index in [0.29, 0.717) is 5.69 Å². The number of rotatable bonds is 3. The molecule has 18 heavy (non-hydrogen) atoms. The van der Waals surface area contributed by atoms with Crippen molar-refractivity contribution in [2.24, 2.45) is 0 Å². The Morgan fingerprint density at radius 1 is 1.17 bits per heavy atom. The van der Waals surface area contributed by atoms with Crippen LogP contribution in [-0.2, 0) is 19.4 Å². The number of pyridine rings is 1. The summed E-state index contributed by atoms with van der Waals surface area (Å²) in [6.45, 7) is -0.0535. The summed E-state index contributed by atoms with van der Waals surface area (Å²) in [7, 11) is 0. The van der Waals surface area contributed by atoms with Crippen molar-refractivity contribution in [3.8, 4) is 5.75 Å². The van der Waals surface area contributed by atoms with Crippen molar-refractivity contribution in [1.29, 1.82) is 0 Å². The maximum absolute atomic E-state index is 9.05. The number of ether oxygens (including phenoxy) is 1. The van der Waals surface area contributed by atoms with Gasteiger partial charge in [-0.15, -0.1) is 0 Å². The largest absolute Gasteiger partial charge is 0.490 e. The third kappa shape index (κ3) is 2.22. The molecule has 0 aliphatic heterocycles. The van der Waals surface area contributed by atoms with Crippen LogP contribution in [0.5, 0.6) is 5.75 Å². The molecule has 92 valence electrons. The first-order valence-corrected chi connectivity index (χ1v) is 6.14. The van der Waals surface area contributed by atoms with Gasteiger partial charge in [-0.3, -0.25) is 4.98 Å². The highest BCUT2D eigenvalue weighted by Gasteiger charge is 2.22. The molecule has 0 spiro atoms. The molecule has 0 unspecified atom stereocenters. The smallest absolute Gasteiger partial charge is 0.123 e. The van der Waals surface area contributed by atoms with Crippen molar-refractivity contribution >= 4 is 0 Å². The zero-order valence-electron chi connectivity index (χ0n) is 10.0. The summed E-state index contributed by atoms with van der Waals surface area (Å²) >= 11 is 0. The molecule has 1 aliphatic carbocycles. The lowest BCUT2D eigenvalue weighted by atomic mass is 10.1. The van der Waals surface area contributed by atoms with Crippen LogP contribution in [-0.4, -0.2) is 16.2 Å². The fraction of sp³-hybridized carbons (Fsp3) is 0.267. The van der Waals surface area contributed by atoms with E-state index in [9.17, 15) is 0 Å². The Kier molecular flexibility index (Phi) is 2.99. The lowest BCUT2D eigenvalue weighted by molar-refractivity contribution is 0.212. The highest BCUT2D eigenvalue weighted by atomic mass is 16.5. The van der Waals surface area contributed by atoms with Crippen LogP contribution in [0.3, 0.4) is 0 Å². The quantitative estimate of drug-likeness (QED) is 0.895. The number of fused-ring (bicyclic) bond motifs is 1. The zero-order chi connectivity index (χ0) is 12.4. The lowest BCUT2D eigenvalue weighted by Crippen LogP contribution is -2.16. The first kappa shape index (κ1) is 11.2. The number of aliphatic hydroxyl groups is 1. The maximum atomic E-state index is 9.05.